The summed E-state index contributed by atoms with van der Waals surface area (Å²) in [6.07, 6.45) is 0. The summed E-state index contributed by atoms with van der Waals surface area (Å²) in [7, 11) is 0. The molecule has 0 aliphatic rings. The van der Waals surface area contributed by atoms with E-state index in [1.165, 1.54) is 5.56 Å². The van der Waals surface area contributed by atoms with E-state index in [-0.39, 0.29) is 17.9 Å². The van der Waals surface area contributed by atoms with Gasteiger partial charge in [-0.2, -0.15) is 0 Å². The molecule has 23 heavy (non-hydrogen) atoms. The lowest BCUT2D eigenvalue weighted by Gasteiger charge is -2.14. The Balaban J connectivity index is 1.95. The Morgan fingerprint density at radius 3 is 2.57 bits per heavy atom. The monoisotopic (exact) mass is 315 g/mol. The predicted molar refractivity (Wildman–Crippen MR) is 92.9 cm³/mol. The van der Waals surface area contributed by atoms with E-state index in [0.717, 1.165) is 11.4 Å². The first-order chi connectivity index (χ1) is 10.8. The van der Waals surface area contributed by atoms with Crippen LogP contribution in [-0.4, -0.2) is 17.6 Å². The van der Waals surface area contributed by atoms with Crippen LogP contribution < -0.4 is 10.6 Å². The number of benzene rings is 1. The Hall–Kier alpha value is -2.30. The molecular formula is C18H25N3O2. The maximum absolute atomic E-state index is 12.1. The third kappa shape index (κ3) is 4.58. The predicted octanol–water partition coefficient (Wildman–Crippen LogP) is 4.15. The molecule has 0 aliphatic heterocycles. The quantitative estimate of drug-likeness (QED) is 0.870. The molecule has 1 aromatic heterocycles. The number of amides is 1. The number of hydrogen-bond acceptors (Lipinski definition) is 4. The molecule has 0 unspecified atom stereocenters. The summed E-state index contributed by atoms with van der Waals surface area (Å²) in [5.74, 6) is 0.601. The highest BCUT2D eigenvalue weighted by Gasteiger charge is 2.19. The van der Waals surface area contributed by atoms with Crippen molar-refractivity contribution in [3.05, 3.63) is 41.6 Å². The Bertz CT molecular complexity index is 669. The molecule has 1 heterocycles. The van der Waals surface area contributed by atoms with Crippen LogP contribution in [0, 0.1) is 0 Å². The number of nitrogens with zero attached hydrogens (tertiary/aromatic N) is 1. The Kier molecular flexibility index (Phi) is 5.08. The fraction of sp³-hybridized carbons (Fsp3) is 0.444. The fourth-order valence-corrected chi connectivity index (χ4v) is 2.21. The van der Waals surface area contributed by atoms with Crippen molar-refractivity contribution in [3.63, 3.8) is 0 Å². The standard InChI is InChI=1S/C18H25N3O2/c1-12(2)13-8-6-7-9-14(13)19-11-16(22)20-17-10-15(21-23-17)18(3,4)5/h6-10,12,19H,11H2,1-5H3,(H,20,22). The Morgan fingerprint density at radius 2 is 1.96 bits per heavy atom. The first-order valence-corrected chi connectivity index (χ1v) is 7.87. The van der Waals surface area contributed by atoms with Gasteiger partial charge in [0.25, 0.3) is 0 Å². The number of nitrogens with one attached hydrogen (secondary N) is 2. The molecule has 124 valence electrons. The summed E-state index contributed by atoms with van der Waals surface area (Å²) in [5, 5.41) is 9.89. The number of carbonyl (C=O) groups excluding carboxylic acids is 1. The molecule has 0 atom stereocenters. The molecular weight excluding hydrogens is 290 g/mol. The average Bonchev–Trinajstić information content (AvgIpc) is 2.94. The molecule has 0 spiro atoms. The van der Waals surface area contributed by atoms with E-state index >= 15 is 0 Å². The molecule has 5 heteroatoms. The summed E-state index contributed by atoms with van der Waals surface area (Å²) >= 11 is 0. The van der Waals surface area contributed by atoms with Crippen LogP contribution in [0.4, 0.5) is 11.6 Å². The van der Waals surface area contributed by atoms with Gasteiger partial charge in [0.15, 0.2) is 0 Å². The van der Waals surface area contributed by atoms with Crippen LogP contribution in [0.25, 0.3) is 0 Å². The van der Waals surface area contributed by atoms with Gasteiger partial charge in [0.1, 0.15) is 0 Å². The number of anilines is 2. The second-order valence-corrected chi connectivity index (χ2v) is 6.97. The smallest absolute Gasteiger partial charge is 0.246 e. The fourth-order valence-electron chi connectivity index (χ4n) is 2.21. The highest BCUT2D eigenvalue weighted by Crippen LogP contribution is 2.24. The molecule has 1 amide bonds. The van der Waals surface area contributed by atoms with Crippen molar-refractivity contribution in [2.45, 2.75) is 46.0 Å². The zero-order chi connectivity index (χ0) is 17.0. The van der Waals surface area contributed by atoms with E-state index in [1.807, 2.05) is 39.0 Å². The summed E-state index contributed by atoms with van der Waals surface area (Å²) in [6, 6.07) is 9.77. The van der Waals surface area contributed by atoms with Crippen LogP contribution in [0.2, 0.25) is 0 Å². The first kappa shape index (κ1) is 17.1. The van der Waals surface area contributed by atoms with E-state index in [2.05, 4.69) is 35.7 Å². The SMILES string of the molecule is CC(C)c1ccccc1NCC(=O)Nc1cc(C(C)(C)C)no1. The molecule has 0 bridgehead atoms. The van der Waals surface area contributed by atoms with Gasteiger partial charge in [0.05, 0.1) is 12.2 Å². The van der Waals surface area contributed by atoms with E-state index in [1.54, 1.807) is 6.07 Å². The van der Waals surface area contributed by atoms with Crippen LogP contribution in [0.1, 0.15) is 51.8 Å². The lowest BCUT2D eigenvalue weighted by atomic mass is 9.92. The largest absolute Gasteiger partial charge is 0.376 e. The Labute approximate surface area is 137 Å². The minimum Gasteiger partial charge on any atom is -0.376 e. The van der Waals surface area contributed by atoms with Gasteiger partial charge in [0, 0.05) is 17.2 Å². The molecule has 2 N–H and O–H groups in total. The van der Waals surface area contributed by atoms with Crippen LogP contribution in [0.15, 0.2) is 34.9 Å². The minimum atomic E-state index is -0.167. The van der Waals surface area contributed by atoms with Crippen molar-refractivity contribution in [2.75, 3.05) is 17.2 Å². The van der Waals surface area contributed by atoms with Gasteiger partial charge < -0.3 is 9.84 Å². The second kappa shape index (κ2) is 6.86. The molecule has 5 nitrogen and oxygen atoms in total. The number of para-hydroxylation sites is 1. The minimum absolute atomic E-state index is 0.110. The molecule has 0 fully saturated rings. The van der Waals surface area contributed by atoms with Crippen molar-refractivity contribution >= 4 is 17.5 Å². The van der Waals surface area contributed by atoms with Crippen molar-refractivity contribution in [1.29, 1.82) is 0 Å². The number of aromatic nitrogens is 1. The average molecular weight is 315 g/mol. The van der Waals surface area contributed by atoms with Crippen molar-refractivity contribution in [2.24, 2.45) is 0 Å². The lowest BCUT2D eigenvalue weighted by molar-refractivity contribution is -0.114. The topological polar surface area (TPSA) is 67.2 Å². The molecule has 1 aromatic carbocycles. The van der Waals surface area contributed by atoms with Gasteiger partial charge in [-0.15, -0.1) is 0 Å². The van der Waals surface area contributed by atoms with Gasteiger partial charge in [0.2, 0.25) is 11.8 Å². The van der Waals surface area contributed by atoms with Gasteiger partial charge in [-0.1, -0.05) is 58.0 Å². The second-order valence-electron chi connectivity index (χ2n) is 6.97. The van der Waals surface area contributed by atoms with E-state index < -0.39 is 0 Å². The van der Waals surface area contributed by atoms with Gasteiger partial charge in [-0.05, 0) is 17.5 Å². The molecule has 0 aliphatic carbocycles. The van der Waals surface area contributed by atoms with Gasteiger partial charge >= 0.3 is 0 Å². The number of rotatable bonds is 5. The maximum atomic E-state index is 12.1. The molecule has 2 aromatic rings. The zero-order valence-corrected chi connectivity index (χ0v) is 14.4. The van der Waals surface area contributed by atoms with Crippen molar-refractivity contribution < 1.29 is 9.32 Å². The summed E-state index contributed by atoms with van der Waals surface area (Å²) in [5.41, 5.74) is 2.87. The Morgan fingerprint density at radius 1 is 1.26 bits per heavy atom. The van der Waals surface area contributed by atoms with Gasteiger partial charge in [-0.25, -0.2) is 0 Å². The van der Waals surface area contributed by atoms with Crippen molar-refractivity contribution in [1.82, 2.24) is 5.16 Å². The van der Waals surface area contributed by atoms with E-state index in [0.29, 0.717) is 11.8 Å². The van der Waals surface area contributed by atoms with Gasteiger partial charge in [-0.3, -0.25) is 10.1 Å². The normalized spacial score (nSPS) is 11.6. The number of hydrogen-bond donors (Lipinski definition) is 2. The van der Waals surface area contributed by atoms with E-state index in [9.17, 15) is 4.79 Å². The number of carbonyl (C=O) groups is 1. The lowest BCUT2D eigenvalue weighted by Crippen LogP contribution is -2.22. The zero-order valence-electron chi connectivity index (χ0n) is 14.4. The molecule has 0 saturated heterocycles. The maximum Gasteiger partial charge on any atom is 0.246 e. The summed E-state index contributed by atoms with van der Waals surface area (Å²) in [6.45, 7) is 10.6. The third-order valence-electron chi connectivity index (χ3n) is 3.56. The third-order valence-corrected chi connectivity index (χ3v) is 3.56. The molecule has 0 radical (unpaired) electrons. The highest BCUT2D eigenvalue weighted by atomic mass is 16.5. The van der Waals surface area contributed by atoms with Crippen molar-refractivity contribution in [3.8, 4) is 0 Å². The van der Waals surface area contributed by atoms with E-state index in [4.69, 9.17) is 4.52 Å². The van der Waals surface area contributed by atoms with Crippen LogP contribution in [0.3, 0.4) is 0 Å². The first-order valence-electron chi connectivity index (χ1n) is 7.87. The van der Waals surface area contributed by atoms with Crippen LogP contribution in [0.5, 0.6) is 0 Å². The highest BCUT2D eigenvalue weighted by molar-refractivity contribution is 5.92. The van der Waals surface area contributed by atoms with Crippen LogP contribution >= 0.6 is 0 Å². The summed E-state index contributed by atoms with van der Waals surface area (Å²) < 4.78 is 5.17. The molecule has 2 rings (SSSR count). The molecule has 0 saturated carbocycles. The van der Waals surface area contributed by atoms with Crippen LogP contribution in [-0.2, 0) is 10.2 Å². The summed E-state index contributed by atoms with van der Waals surface area (Å²) in [4.78, 5) is 12.1.